The summed E-state index contributed by atoms with van der Waals surface area (Å²) < 4.78 is 17.2. The van der Waals surface area contributed by atoms with Crippen LogP contribution < -0.4 is 15.2 Å². The van der Waals surface area contributed by atoms with Crippen LogP contribution in [0.3, 0.4) is 0 Å². The van der Waals surface area contributed by atoms with Crippen molar-refractivity contribution in [2.75, 3.05) is 34.0 Å². The summed E-state index contributed by atoms with van der Waals surface area (Å²) in [5, 5.41) is 10.1. The number of nitrogens with zero attached hydrogens (tertiary/aromatic N) is 2. The third-order valence-corrected chi connectivity index (χ3v) is 6.59. The number of hydrogen-bond donors (Lipinski definition) is 1. The molecule has 2 N–H and O–H groups in total. The van der Waals surface area contributed by atoms with Crippen LogP contribution in [0.15, 0.2) is 39.3 Å². The fourth-order valence-electron chi connectivity index (χ4n) is 4.52. The van der Waals surface area contributed by atoms with E-state index in [2.05, 4.69) is 35.8 Å². The molecule has 3 rings (SSSR count). The van der Waals surface area contributed by atoms with E-state index in [1.807, 2.05) is 24.0 Å². The summed E-state index contributed by atoms with van der Waals surface area (Å²) in [4.78, 5) is 15.4. The van der Waals surface area contributed by atoms with E-state index in [0.29, 0.717) is 61.1 Å². The highest BCUT2D eigenvalue weighted by molar-refractivity contribution is 9.10. The van der Waals surface area contributed by atoms with E-state index in [4.69, 9.17) is 19.9 Å². The second kappa shape index (κ2) is 9.55. The van der Waals surface area contributed by atoms with Crippen molar-refractivity contribution in [1.82, 2.24) is 4.90 Å². The predicted molar refractivity (Wildman–Crippen MR) is 125 cm³/mol. The number of nitrogens with two attached hydrogens (primary N) is 1. The fraction of sp³-hybridized carbons (Fsp3) is 0.500. The zero-order valence-corrected chi connectivity index (χ0v) is 20.8. The Bertz CT molecular complexity index is 1020. The zero-order valence-electron chi connectivity index (χ0n) is 19.3. The largest absolute Gasteiger partial charge is 0.493 e. The SMILES string of the molecule is CCOc1cc(Br)c([C@@H]2C(C#N)=C(N)N(CCOC)C3=C2C(=O)CC(C)(C)C3)cc1OC. The molecule has 8 heteroatoms. The van der Waals surface area contributed by atoms with Gasteiger partial charge in [-0.3, -0.25) is 4.79 Å². The van der Waals surface area contributed by atoms with E-state index in [9.17, 15) is 10.1 Å². The Kier molecular flexibility index (Phi) is 7.21. The van der Waals surface area contributed by atoms with Gasteiger partial charge in [0.1, 0.15) is 5.82 Å². The second-order valence-electron chi connectivity index (χ2n) is 8.75. The van der Waals surface area contributed by atoms with Crippen molar-refractivity contribution < 1.29 is 19.0 Å². The monoisotopic (exact) mass is 503 g/mol. The number of carbonyl (C=O) groups excluding carboxylic acids is 1. The zero-order chi connectivity index (χ0) is 23.6. The molecule has 32 heavy (non-hydrogen) atoms. The van der Waals surface area contributed by atoms with Gasteiger partial charge >= 0.3 is 0 Å². The number of methoxy groups -OCH3 is 2. The molecule has 172 valence electrons. The normalized spacial score (nSPS) is 20.2. The average molecular weight is 504 g/mol. The summed E-state index contributed by atoms with van der Waals surface area (Å²) in [6, 6.07) is 5.92. The number of allylic oxidation sites excluding steroid dienone is 3. The van der Waals surface area contributed by atoms with Crippen LogP contribution in [0.2, 0.25) is 0 Å². The van der Waals surface area contributed by atoms with Gasteiger partial charge in [0.15, 0.2) is 17.3 Å². The minimum absolute atomic E-state index is 0.0312. The molecular formula is C24H30BrN3O4. The topological polar surface area (TPSA) is 97.8 Å². The van der Waals surface area contributed by atoms with Gasteiger partial charge in [-0.15, -0.1) is 0 Å². The number of ether oxygens (including phenoxy) is 3. The van der Waals surface area contributed by atoms with E-state index in [1.54, 1.807) is 14.2 Å². The Labute approximate surface area is 197 Å². The van der Waals surface area contributed by atoms with Crippen LogP contribution in [0, 0.1) is 16.7 Å². The summed E-state index contributed by atoms with van der Waals surface area (Å²) in [5.41, 5.74) is 8.93. The number of Topliss-reactive ketones (excluding diaryl/α,β-unsaturated/α-hetero) is 1. The third kappa shape index (κ3) is 4.37. The van der Waals surface area contributed by atoms with Crippen LogP contribution >= 0.6 is 15.9 Å². The van der Waals surface area contributed by atoms with Gasteiger partial charge in [-0.25, -0.2) is 0 Å². The van der Waals surface area contributed by atoms with Gasteiger partial charge in [0.05, 0.1) is 37.9 Å². The predicted octanol–water partition coefficient (Wildman–Crippen LogP) is 4.24. The van der Waals surface area contributed by atoms with Crippen molar-refractivity contribution in [3.8, 4) is 17.6 Å². The summed E-state index contributed by atoms with van der Waals surface area (Å²) >= 11 is 3.63. The van der Waals surface area contributed by atoms with E-state index >= 15 is 0 Å². The number of nitriles is 1. The highest BCUT2D eigenvalue weighted by Crippen LogP contribution is 2.51. The molecule has 0 bridgehead atoms. The Balaban J connectivity index is 2.27. The summed E-state index contributed by atoms with van der Waals surface area (Å²) in [6.07, 6.45) is 1.09. The number of halogens is 1. The Hall–Kier alpha value is -2.50. The molecule has 1 aromatic rings. The third-order valence-electron chi connectivity index (χ3n) is 5.90. The first-order valence-electron chi connectivity index (χ1n) is 10.6. The number of carbonyl (C=O) groups is 1. The fourth-order valence-corrected chi connectivity index (χ4v) is 5.08. The van der Waals surface area contributed by atoms with E-state index in [1.165, 1.54) is 0 Å². The lowest BCUT2D eigenvalue weighted by atomic mass is 9.68. The molecule has 0 saturated heterocycles. The molecule has 0 unspecified atom stereocenters. The lowest BCUT2D eigenvalue weighted by molar-refractivity contribution is -0.118. The highest BCUT2D eigenvalue weighted by Gasteiger charge is 2.44. The van der Waals surface area contributed by atoms with Crippen molar-refractivity contribution in [3.63, 3.8) is 0 Å². The van der Waals surface area contributed by atoms with Crippen molar-refractivity contribution in [2.24, 2.45) is 11.1 Å². The van der Waals surface area contributed by atoms with Gasteiger partial charge in [-0.05, 0) is 36.5 Å². The van der Waals surface area contributed by atoms with Crippen LogP contribution in [0.4, 0.5) is 0 Å². The Morgan fingerprint density at radius 2 is 2.00 bits per heavy atom. The maximum Gasteiger partial charge on any atom is 0.162 e. The average Bonchev–Trinajstić information content (AvgIpc) is 2.72. The molecule has 0 aromatic heterocycles. The standard InChI is InChI=1S/C24H30BrN3O4/c1-6-32-20-10-16(25)14(9-19(20)31-5)21-15(13-26)23(27)28(7-8-30-4)17-11-24(2,3)12-18(29)22(17)21/h9-10,21H,6-8,11-12,27H2,1-5H3/t21-/m1/s1. The lowest BCUT2D eigenvalue weighted by Gasteiger charge is -2.44. The molecule has 0 saturated carbocycles. The van der Waals surface area contributed by atoms with Crippen molar-refractivity contribution in [3.05, 3.63) is 44.8 Å². The Morgan fingerprint density at radius 3 is 2.59 bits per heavy atom. The van der Waals surface area contributed by atoms with Gasteiger partial charge in [-0.1, -0.05) is 29.8 Å². The molecule has 1 aromatic carbocycles. The first-order valence-corrected chi connectivity index (χ1v) is 11.4. The Morgan fingerprint density at radius 1 is 1.28 bits per heavy atom. The molecule has 1 heterocycles. The van der Waals surface area contributed by atoms with Crippen molar-refractivity contribution >= 4 is 21.7 Å². The number of hydrogen-bond acceptors (Lipinski definition) is 7. The number of benzene rings is 1. The molecule has 1 aliphatic carbocycles. The second-order valence-corrected chi connectivity index (χ2v) is 9.60. The minimum Gasteiger partial charge on any atom is -0.493 e. The maximum absolute atomic E-state index is 13.5. The quantitative estimate of drug-likeness (QED) is 0.593. The van der Waals surface area contributed by atoms with Crippen LogP contribution in [-0.2, 0) is 9.53 Å². The van der Waals surface area contributed by atoms with Crippen LogP contribution in [0.25, 0.3) is 0 Å². The minimum atomic E-state index is -0.587. The summed E-state index contributed by atoms with van der Waals surface area (Å²) in [6.45, 7) is 7.43. The first kappa shape index (κ1) is 24.1. The van der Waals surface area contributed by atoms with E-state index in [-0.39, 0.29) is 11.2 Å². The number of ketones is 1. The summed E-state index contributed by atoms with van der Waals surface area (Å²) in [7, 11) is 3.18. The van der Waals surface area contributed by atoms with Gasteiger partial charge in [0.25, 0.3) is 0 Å². The molecule has 1 atom stereocenters. The molecule has 0 radical (unpaired) electrons. The lowest BCUT2D eigenvalue weighted by Crippen LogP contribution is -2.43. The van der Waals surface area contributed by atoms with Gasteiger partial charge < -0.3 is 24.8 Å². The molecule has 2 aliphatic rings. The molecular weight excluding hydrogens is 474 g/mol. The first-order chi connectivity index (χ1) is 15.2. The molecule has 0 spiro atoms. The molecule has 0 amide bonds. The van der Waals surface area contributed by atoms with Crippen molar-refractivity contribution in [1.29, 1.82) is 5.26 Å². The summed E-state index contributed by atoms with van der Waals surface area (Å²) in [5.74, 6) is 0.927. The molecule has 0 fully saturated rings. The van der Waals surface area contributed by atoms with Crippen LogP contribution in [-0.4, -0.2) is 44.7 Å². The maximum atomic E-state index is 13.5. The smallest absolute Gasteiger partial charge is 0.162 e. The van der Waals surface area contributed by atoms with E-state index in [0.717, 1.165) is 15.7 Å². The molecule has 1 aliphatic heterocycles. The highest BCUT2D eigenvalue weighted by atomic mass is 79.9. The van der Waals surface area contributed by atoms with Crippen molar-refractivity contribution in [2.45, 2.75) is 39.5 Å². The molecule has 7 nitrogen and oxygen atoms in total. The van der Waals surface area contributed by atoms with Crippen LogP contribution in [0.1, 0.15) is 45.1 Å². The van der Waals surface area contributed by atoms with Crippen LogP contribution in [0.5, 0.6) is 11.5 Å². The van der Waals surface area contributed by atoms with E-state index < -0.39 is 5.92 Å². The van der Waals surface area contributed by atoms with Gasteiger partial charge in [0, 0.05) is 35.8 Å². The van der Waals surface area contributed by atoms with Gasteiger partial charge in [0.2, 0.25) is 0 Å². The number of rotatable bonds is 7. The van der Waals surface area contributed by atoms with Gasteiger partial charge in [-0.2, -0.15) is 5.26 Å².